The highest BCUT2D eigenvalue weighted by molar-refractivity contribution is 9.10. The molecule has 0 radical (unpaired) electrons. The summed E-state index contributed by atoms with van der Waals surface area (Å²) in [5.74, 6) is 0. The maximum atomic E-state index is 10.8. The van der Waals surface area contributed by atoms with Gasteiger partial charge in [0, 0.05) is 12.1 Å². The van der Waals surface area contributed by atoms with Crippen molar-refractivity contribution in [2.75, 3.05) is 6.54 Å². The minimum atomic E-state index is -0.351. The van der Waals surface area contributed by atoms with E-state index in [0.29, 0.717) is 4.47 Å². The number of nitro benzene ring substituents is 1. The molecule has 1 aromatic rings. The number of nitro groups is 1. The summed E-state index contributed by atoms with van der Waals surface area (Å²) in [5, 5.41) is 14.2. The molecule has 1 saturated heterocycles. The first-order valence-electron chi connectivity index (χ1n) is 5.36. The van der Waals surface area contributed by atoms with Crippen LogP contribution >= 0.6 is 15.9 Å². The summed E-state index contributed by atoms with van der Waals surface area (Å²) in [5.41, 5.74) is 1.14. The normalized spacial score (nSPS) is 20.7. The zero-order chi connectivity index (χ0) is 11.5. The molecule has 2 rings (SSSR count). The van der Waals surface area contributed by atoms with Gasteiger partial charge >= 0.3 is 0 Å². The Bertz CT molecular complexity index is 403. The molecule has 0 spiro atoms. The molecule has 86 valence electrons. The lowest BCUT2D eigenvalue weighted by atomic mass is 9.97. The molecular formula is C11H13BrN2O2. The van der Waals surface area contributed by atoms with Gasteiger partial charge < -0.3 is 5.32 Å². The minimum absolute atomic E-state index is 0.143. The molecule has 1 aliphatic heterocycles. The summed E-state index contributed by atoms with van der Waals surface area (Å²) < 4.78 is 0.611. The molecule has 16 heavy (non-hydrogen) atoms. The maximum Gasteiger partial charge on any atom is 0.283 e. The number of piperidine rings is 1. The van der Waals surface area contributed by atoms with Gasteiger partial charge in [0.15, 0.2) is 0 Å². The summed E-state index contributed by atoms with van der Waals surface area (Å²) in [6.07, 6.45) is 3.40. The van der Waals surface area contributed by atoms with E-state index in [1.807, 2.05) is 6.07 Å². The van der Waals surface area contributed by atoms with Crippen LogP contribution < -0.4 is 5.32 Å². The Morgan fingerprint density at radius 2 is 2.25 bits per heavy atom. The van der Waals surface area contributed by atoms with Gasteiger partial charge in [0.2, 0.25) is 0 Å². The lowest BCUT2D eigenvalue weighted by Crippen LogP contribution is -2.27. The monoisotopic (exact) mass is 284 g/mol. The fourth-order valence-electron chi connectivity index (χ4n) is 2.06. The second kappa shape index (κ2) is 4.93. The van der Waals surface area contributed by atoms with Crippen LogP contribution in [0.4, 0.5) is 5.69 Å². The summed E-state index contributed by atoms with van der Waals surface area (Å²) >= 11 is 3.34. The summed E-state index contributed by atoms with van der Waals surface area (Å²) in [4.78, 5) is 10.5. The molecule has 0 aliphatic carbocycles. The van der Waals surface area contributed by atoms with Crippen LogP contribution in [0.5, 0.6) is 0 Å². The van der Waals surface area contributed by atoms with Gasteiger partial charge in [-0.05, 0) is 40.9 Å². The standard InChI is InChI=1S/C11H13BrN2O2/c12-11-8(9-5-1-2-7-13-9)4-3-6-10(11)14(15)16/h3-4,6,9,13H,1-2,5,7H2. The van der Waals surface area contributed by atoms with Gasteiger partial charge in [-0.25, -0.2) is 0 Å². The van der Waals surface area contributed by atoms with Crippen molar-refractivity contribution < 1.29 is 4.92 Å². The zero-order valence-electron chi connectivity index (χ0n) is 8.78. The fourth-order valence-corrected chi connectivity index (χ4v) is 2.75. The molecular weight excluding hydrogens is 272 g/mol. The van der Waals surface area contributed by atoms with Crippen molar-refractivity contribution in [3.8, 4) is 0 Å². The van der Waals surface area contributed by atoms with E-state index in [4.69, 9.17) is 0 Å². The van der Waals surface area contributed by atoms with Crippen LogP contribution in [-0.2, 0) is 0 Å². The van der Waals surface area contributed by atoms with Crippen molar-refractivity contribution in [2.24, 2.45) is 0 Å². The molecule has 1 heterocycles. The molecule has 0 saturated carbocycles. The van der Waals surface area contributed by atoms with E-state index in [2.05, 4.69) is 21.2 Å². The Labute approximate surface area is 102 Å². The van der Waals surface area contributed by atoms with E-state index in [1.54, 1.807) is 6.07 Å². The second-order valence-electron chi connectivity index (χ2n) is 3.94. The Balaban J connectivity index is 2.33. The molecule has 1 aliphatic rings. The van der Waals surface area contributed by atoms with Crippen molar-refractivity contribution in [3.63, 3.8) is 0 Å². The Hall–Kier alpha value is -0.940. The maximum absolute atomic E-state index is 10.8. The molecule has 0 amide bonds. The van der Waals surface area contributed by atoms with Crippen molar-refractivity contribution in [1.29, 1.82) is 0 Å². The molecule has 1 fully saturated rings. The van der Waals surface area contributed by atoms with Gasteiger partial charge in [0.1, 0.15) is 0 Å². The Kier molecular flexibility index (Phi) is 3.56. The minimum Gasteiger partial charge on any atom is -0.310 e. The third kappa shape index (κ3) is 2.25. The van der Waals surface area contributed by atoms with E-state index in [-0.39, 0.29) is 16.7 Å². The SMILES string of the molecule is O=[N+]([O-])c1cccc(C2CCCCN2)c1Br. The van der Waals surface area contributed by atoms with Crippen molar-refractivity contribution in [1.82, 2.24) is 5.32 Å². The number of nitrogens with one attached hydrogen (secondary N) is 1. The highest BCUT2D eigenvalue weighted by Crippen LogP contribution is 2.34. The lowest BCUT2D eigenvalue weighted by Gasteiger charge is -2.24. The van der Waals surface area contributed by atoms with Crippen LogP contribution in [0.1, 0.15) is 30.9 Å². The smallest absolute Gasteiger partial charge is 0.283 e. The molecule has 4 nitrogen and oxygen atoms in total. The Morgan fingerprint density at radius 1 is 1.44 bits per heavy atom. The fraction of sp³-hybridized carbons (Fsp3) is 0.455. The van der Waals surface area contributed by atoms with Gasteiger partial charge in [-0.15, -0.1) is 0 Å². The van der Waals surface area contributed by atoms with Crippen LogP contribution in [0.25, 0.3) is 0 Å². The quantitative estimate of drug-likeness (QED) is 0.670. The number of hydrogen-bond acceptors (Lipinski definition) is 3. The largest absolute Gasteiger partial charge is 0.310 e. The summed E-state index contributed by atoms with van der Waals surface area (Å²) in [6.45, 7) is 0.986. The van der Waals surface area contributed by atoms with E-state index in [1.165, 1.54) is 18.9 Å². The van der Waals surface area contributed by atoms with E-state index in [9.17, 15) is 10.1 Å². The van der Waals surface area contributed by atoms with Crippen LogP contribution in [-0.4, -0.2) is 11.5 Å². The van der Waals surface area contributed by atoms with Crippen LogP contribution in [0.3, 0.4) is 0 Å². The Morgan fingerprint density at radius 3 is 2.88 bits per heavy atom. The number of benzene rings is 1. The topological polar surface area (TPSA) is 55.2 Å². The first-order chi connectivity index (χ1) is 7.70. The molecule has 1 unspecified atom stereocenters. The van der Waals surface area contributed by atoms with E-state index < -0.39 is 0 Å². The molecule has 0 aromatic heterocycles. The predicted molar refractivity (Wildman–Crippen MR) is 65.4 cm³/mol. The van der Waals surface area contributed by atoms with Crippen molar-refractivity contribution in [3.05, 3.63) is 38.3 Å². The summed E-state index contributed by atoms with van der Waals surface area (Å²) in [6, 6.07) is 5.45. The van der Waals surface area contributed by atoms with E-state index >= 15 is 0 Å². The van der Waals surface area contributed by atoms with Crippen molar-refractivity contribution >= 4 is 21.6 Å². The summed E-state index contributed by atoms with van der Waals surface area (Å²) in [7, 11) is 0. The third-order valence-electron chi connectivity index (χ3n) is 2.89. The van der Waals surface area contributed by atoms with Crippen LogP contribution in [0.15, 0.2) is 22.7 Å². The van der Waals surface area contributed by atoms with E-state index in [0.717, 1.165) is 18.5 Å². The number of rotatable bonds is 2. The van der Waals surface area contributed by atoms with Crippen LogP contribution in [0, 0.1) is 10.1 Å². The zero-order valence-corrected chi connectivity index (χ0v) is 10.4. The lowest BCUT2D eigenvalue weighted by molar-refractivity contribution is -0.385. The number of halogens is 1. The highest BCUT2D eigenvalue weighted by Gasteiger charge is 2.22. The first kappa shape index (κ1) is 11.5. The first-order valence-corrected chi connectivity index (χ1v) is 6.15. The predicted octanol–water partition coefficient (Wildman–Crippen LogP) is 3.17. The number of hydrogen-bond donors (Lipinski definition) is 1. The van der Waals surface area contributed by atoms with Gasteiger partial charge in [-0.1, -0.05) is 18.6 Å². The molecule has 1 N–H and O–H groups in total. The van der Waals surface area contributed by atoms with Gasteiger partial charge in [0.25, 0.3) is 5.69 Å². The highest BCUT2D eigenvalue weighted by atomic mass is 79.9. The average Bonchev–Trinajstić information content (AvgIpc) is 2.30. The molecule has 1 atom stereocenters. The van der Waals surface area contributed by atoms with Gasteiger partial charge in [-0.2, -0.15) is 0 Å². The number of nitrogens with zero attached hydrogens (tertiary/aromatic N) is 1. The second-order valence-corrected chi connectivity index (χ2v) is 4.73. The van der Waals surface area contributed by atoms with Gasteiger partial charge in [0.05, 0.1) is 9.40 Å². The van der Waals surface area contributed by atoms with Crippen molar-refractivity contribution in [2.45, 2.75) is 25.3 Å². The third-order valence-corrected chi connectivity index (χ3v) is 3.75. The van der Waals surface area contributed by atoms with Gasteiger partial charge in [-0.3, -0.25) is 10.1 Å². The average molecular weight is 285 g/mol. The van der Waals surface area contributed by atoms with Crippen LogP contribution in [0.2, 0.25) is 0 Å². The molecule has 0 bridgehead atoms. The molecule has 5 heteroatoms. The molecule has 1 aromatic carbocycles.